The second-order valence-corrected chi connectivity index (χ2v) is 8.47. The van der Waals surface area contributed by atoms with E-state index in [4.69, 9.17) is 9.47 Å². The fraction of sp³-hybridized carbons (Fsp3) is 0.375. The fourth-order valence-corrected chi connectivity index (χ4v) is 3.20. The normalized spacial score (nSPS) is 15.3. The van der Waals surface area contributed by atoms with E-state index in [0.717, 1.165) is 5.56 Å². The molecule has 0 saturated carbocycles. The average Bonchev–Trinajstić information content (AvgIpc) is 2.99. The van der Waals surface area contributed by atoms with Crippen LogP contribution in [0.2, 0.25) is 0 Å². The molecule has 0 fully saturated rings. The first-order valence-corrected chi connectivity index (χ1v) is 10.0. The van der Waals surface area contributed by atoms with Gasteiger partial charge in [-0.05, 0) is 53.8 Å². The summed E-state index contributed by atoms with van der Waals surface area (Å²) in [6.45, 7) is 8.03. The number of fused-ring (bicyclic) bond motifs is 1. The van der Waals surface area contributed by atoms with Gasteiger partial charge >= 0.3 is 5.97 Å². The SMILES string of the molecule is C[C@H]1C(=O)Nc2ccc(C(=O)COC(=O)CCOc3ccc(C(C)(C)C)cc3)cc21. The maximum atomic E-state index is 12.3. The van der Waals surface area contributed by atoms with Gasteiger partial charge in [-0.2, -0.15) is 0 Å². The first-order valence-electron chi connectivity index (χ1n) is 10.0. The van der Waals surface area contributed by atoms with Crippen LogP contribution in [0.5, 0.6) is 5.75 Å². The summed E-state index contributed by atoms with van der Waals surface area (Å²) in [6, 6.07) is 12.8. The summed E-state index contributed by atoms with van der Waals surface area (Å²) in [6.07, 6.45) is 0.0495. The summed E-state index contributed by atoms with van der Waals surface area (Å²) in [5, 5.41) is 2.76. The van der Waals surface area contributed by atoms with Crippen LogP contribution in [-0.2, 0) is 19.7 Å². The van der Waals surface area contributed by atoms with Gasteiger partial charge in [0.2, 0.25) is 5.91 Å². The maximum absolute atomic E-state index is 12.3. The van der Waals surface area contributed by atoms with Gasteiger partial charge in [0, 0.05) is 11.3 Å². The summed E-state index contributed by atoms with van der Waals surface area (Å²) < 4.78 is 10.7. The Bertz CT molecular complexity index is 957. The number of nitrogens with one attached hydrogen (secondary N) is 1. The van der Waals surface area contributed by atoms with Crippen molar-refractivity contribution in [2.75, 3.05) is 18.5 Å². The number of Topliss-reactive ketones (excluding diaryl/α,β-unsaturated/α-hetero) is 1. The van der Waals surface area contributed by atoms with Gasteiger partial charge < -0.3 is 14.8 Å². The molecular weight excluding hydrogens is 382 g/mol. The van der Waals surface area contributed by atoms with Crippen LogP contribution in [0.4, 0.5) is 5.69 Å². The molecule has 0 aromatic heterocycles. The highest BCUT2D eigenvalue weighted by Crippen LogP contribution is 2.32. The standard InChI is InChI=1S/C24H27NO5/c1-15-19-13-16(5-10-20(19)25-23(15)28)21(26)14-30-22(27)11-12-29-18-8-6-17(7-9-18)24(2,3)4/h5-10,13,15H,11-12,14H2,1-4H3,(H,25,28)/t15-/m1/s1. The van der Waals surface area contributed by atoms with E-state index in [2.05, 4.69) is 26.1 Å². The van der Waals surface area contributed by atoms with Gasteiger partial charge in [-0.25, -0.2) is 0 Å². The molecule has 158 valence electrons. The number of anilines is 1. The van der Waals surface area contributed by atoms with Gasteiger partial charge in [0.25, 0.3) is 0 Å². The molecule has 6 heteroatoms. The summed E-state index contributed by atoms with van der Waals surface area (Å²) in [4.78, 5) is 36.0. The Labute approximate surface area is 176 Å². The van der Waals surface area contributed by atoms with Gasteiger partial charge in [0.05, 0.1) is 18.9 Å². The zero-order valence-electron chi connectivity index (χ0n) is 17.8. The van der Waals surface area contributed by atoms with Crippen molar-refractivity contribution in [2.45, 2.75) is 45.4 Å². The predicted molar refractivity (Wildman–Crippen MR) is 114 cm³/mol. The van der Waals surface area contributed by atoms with Crippen molar-refractivity contribution < 1.29 is 23.9 Å². The number of esters is 1. The number of carbonyl (C=O) groups excluding carboxylic acids is 3. The number of ether oxygens (including phenoxy) is 2. The van der Waals surface area contributed by atoms with E-state index >= 15 is 0 Å². The van der Waals surface area contributed by atoms with Crippen molar-refractivity contribution in [3.05, 3.63) is 59.2 Å². The van der Waals surface area contributed by atoms with Crippen LogP contribution in [0.1, 0.15) is 61.5 Å². The zero-order chi connectivity index (χ0) is 21.9. The smallest absolute Gasteiger partial charge is 0.309 e. The van der Waals surface area contributed by atoms with E-state index in [1.165, 1.54) is 5.56 Å². The number of ketones is 1. The van der Waals surface area contributed by atoms with Crippen molar-refractivity contribution >= 4 is 23.3 Å². The summed E-state index contributed by atoms with van der Waals surface area (Å²) in [5.41, 5.74) is 3.18. The molecule has 1 atom stereocenters. The molecule has 2 aromatic carbocycles. The molecule has 0 unspecified atom stereocenters. The zero-order valence-corrected chi connectivity index (χ0v) is 17.8. The monoisotopic (exact) mass is 409 g/mol. The number of amides is 1. The van der Waals surface area contributed by atoms with E-state index in [1.54, 1.807) is 25.1 Å². The fourth-order valence-electron chi connectivity index (χ4n) is 3.20. The topological polar surface area (TPSA) is 81.7 Å². The van der Waals surface area contributed by atoms with E-state index in [-0.39, 0.29) is 42.7 Å². The lowest BCUT2D eigenvalue weighted by molar-refractivity contribution is -0.143. The second kappa shape index (κ2) is 8.69. The van der Waals surface area contributed by atoms with Gasteiger partial charge in [-0.15, -0.1) is 0 Å². The molecule has 0 radical (unpaired) electrons. The number of hydrogen-bond acceptors (Lipinski definition) is 5. The predicted octanol–water partition coefficient (Wildman–Crippen LogP) is 4.23. The summed E-state index contributed by atoms with van der Waals surface area (Å²) in [5.74, 6) is -0.515. The Morgan fingerprint density at radius 2 is 1.77 bits per heavy atom. The molecule has 0 bridgehead atoms. The Balaban J connectivity index is 1.44. The molecule has 6 nitrogen and oxygen atoms in total. The van der Waals surface area contributed by atoms with E-state index in [9.17, 15) is 14.4 Å². The lowest BCUT2D eigenvalue weighted by atomic mass is 9.87. The third-order valence-electron chi connectivity index (χ3n) is 5.15. The van der Waals surface area contributed by atoms with Gasteiger partial charge in [-0.1, -0.05) is 32.9 Å². The average molecular weight is 409 g/mol. The highest BCUT2D eigenvalue weighted by molar-refractivity contribution is 6.05. The molecule has 0 spiro atoms. The summed E-state index contributed by atoms with van der Waals surface area (Å²) >= 11 is 0. The minimum atomic E-state index is -0.499. The third-order valence-corrected chi connectivity index (χ3v) is 5.15. The molecule has 0 saturated heterocycles. The molecule has 1 heterocycles. The molecule has 0 aliphatic carbocycles. The Hall–Kier alpha value is -3.15. The van der Waals surface area contributed by atoms with Crippen LogP contribution in [-0.4, -0.2) is 30.9 Å². The quantitative estimate of drug-likeness (QED) is 0.547. The van der Waals surface area contributed by atoms with Crippen LogP contribution < -0.4 is 10.1 Å². The molecular formula is C24H27NO5. The Kier molecular flexibility index (Phi) is 6.25. The van der Waals surface area contributed by atoms with Crippen molar-refractivity contribution in [3.8, 4) is 5.75 Å². The molecule has 30 heavy (non-hydrogen) atoms. The van der Waals surface area contributed by atoms with Gasteiger partial charge in [0.15, 0.2) is 12.4 Å². The van der Waals surface area contributed by atoms with Crippen molar-refractivity contribution in [1.82, 2.24) is 0 Å². The van der Waals surface area contributed by atoms with E-state index < -0.39 is 5.97 Å². The molecule has 1 N–H and O–H groups in total. The highest BCUT2D eigenvalue weighted by Gasteiger charge is 2.27. The lowest BCUT2D eigenvalue weighted by Gasteiger charge is -2.19. The van der Waals surface area contributed by atoms with E-state index in [0.29, 0.717) is 17.0 Å². The number of benzene rings is 2. The first-order chi connectivity index (χ1) is 14.1. The number of carbonyl (C=O) groups is 3. The van der Waals surface area contributed by atoms with Gasteiger partial charge in [0.1, 0.15) is 5.75 Å². The lowest BCUT2D eigenvalue weighted by Crippen LogP contribution is -2.16. The molecule has 1 aliphatic rings. The largest absolute Gasteiger partial charge is 0.493 e. The second-order valence-electron chi connectivity index (χ2n) is 8.47. The first kappa shape index (κ1) is 21.6. The molecule has 1 aliphatic heterocycles. The van der Waals surface area contributed by atoms with Crippen LogP contribution in [0.3, 0.4) is 0 Å². The Morgan fingerprint density at radius 3 is 2.43 bits per heavy atom. The maximum Gasteiger partial charge on any atom is 0.309 e. The number of rotatable bonds is 7. The molecule has 2 aromatic rings. The van der Waals surface area contributed by atoms with Crippen molar-refractivity contribution in [2.24, 2.45) is 0 Å². The number of hydrogen-bond donors (Lipinski definition) is 1. The van der Waals surface area contributed by atoms with Crippen LogP contribution in [0.15, 0.2) is 42.5 Å². The minimum absolute atomic E-state index is 0.0495. The van der Waals surface area contributed by atoms with E-state index in [1.807, 2.05) is 24.3 Å². The minimum Gasteiger partial charge on any atom is -0.493 e. The third kappa shape index (κ3) is 5.06. The molecule has 3 rings (SSSR count). The van der Waals surface area contributed by atoms with Crippen molar-refractivity contribution in [3.63, 3.8) is 0 Å². The summed E-state index contributed by atoms with van der Waals surface area (Å²) in [7, 11) is 0. The van der Waals surface area contributed by atoms with Crippen LogP contribution in [0.25, 0.3) is 0 Å². The van der Waals surface area contributed by atoms with Gasteiger partial charge in [-0.3, -0.25) is 14.4 Å². The van der Waals surface area contributed by atoms with Crippen LogP contribution >= 0.6 is 0 Å². The van der Waals surface area contributed by atoms with Crippen molar-refractivity contribution in [1.29, 1.82) is 0 Å². The molecule has 1 amide bonds. The van der Waals surface area contributed by atoms with Crippen LogP contribution in [0, 0.1) is 0 Å². The Morgan fingerprint density at radius 1 is 1.07 bits per heavy atom. The highest BCUT2D eigenvalue weighted by atomic mass is 16.5.